The highest BCUT2D eigenvalue weighted by atomic mass is 35.5. The Morgan fingerprint density at radius 3 is 2.47 bits per heavy atom. The molecule has 0 saturated carbocycles. The van der Waals surface area contributed by atoms with E-state index in [1.165, 1.54) is 0 Å². The Morgan fingerprint density at radius 1 is 0.895 bits per heavy atom. The predicted molar refractivity (Wildman–Crippen MR) is 78.9 cm³/mol. The van der Waals surface area contributed by atoms with Crippen LogP contribution in [0.2, 0.25) is 5.02 Å². The van der Waals surface area contributed by atoms with Gasteiger partial charge in [0.25, 0.3) is 0 Å². The average Bonchev–Trinajstić information content (AvgIpc) is 2.78. The topological polar surface area (TPSA) is 48.6 Å². The van der Waals surface area contributed by atoms with Crippen LogP contribution >= 0.6 is 11.6 Å². The number of aromatic nitrogens is 2. The lowest BCUT2D eigenvalue weighted by Gasteiger charge is -1.99. The van der Waals surface area contributed by atoms with E-state index >= 15 is 0 Å². The zero-order valence-electron chi connectivity index (χ0n) is 9.83. The van der Waals surface area contributed by atoms with E-state index in [0.717, 1.165) is 22.1 Å². The molecule has 0 amide bonds. The van der Waals surface area contributed by atoms with Gasteiger partial charge in [-0.15, -0.1) is 0 Å². The number of para-hydroxylation sites is 1. The Balaban J connectivity index is 2.34. The summed E-state index contributed by atoms with van der Waals surface area (Å²) in [6.07, 6.45) is 0. The van der Waals surface area contributed by atoms with Gasteiger partial charge in [-0.1, -0.05) is 29.8 Å². The Bertz CT molecular complexity index is 997. The summed E-state index contributed by atoms with van der Waals surface area (Å²) in [5.74, 6) is 0. The van der Waals surface area contributed by atoms with Crippen molar-refractivity contribution in [1.29, 1.82) is 0 Å². The number of benzene rings is 2. The quantitative estimate of drug-likeness (QED) is 0.500. The van der Waals surface area contributed by atoms with Crippen LogP contribution in [-0.2, 0) is 0 Å². The van der Waals surface area contributed by atoms with Crippen molar-refractivity contribution >= 4 is 44.4 Å². The van der Waals surface area contributed by atoms with Crippen LogP contribution in [0, 0.1) is 0 Å². The van der Waals surface area contributed by atoms with Gasteiger partial charge in [-0.2, -0.15) is 0 Å². The van der Waals surface area contributed by atoms with Gasteiger partial charge in [0.2, 0.25) is 0 Å². The number of halogens is 1. The zero-order chi connectivity index (χ0) is 13.0. The van der Waals surface area contributed by atoms with E-state index in [1.807, 2.05) is 30.3 Å². The van der Waals surface area contributed by atoms with Crippen molar-refractivity contribution in [2.75, 3.05) is 0 Å². The standard InChI is InChI=1S/C15H9ClN2O/c16-8-5-6-12-10(7-8)14(19)13-9-3-1-2-4-11(9)17-15(13)18-12/h1-7H,(H2,17,18,19). The SMILES string of the molecule is O=c1c2cc(Cl)ccc2[nH]c2[nH]c3ccccc3c12. The summed E-state index contributed by atoms with van der Waals surface area (Å²) >= 11 is 5.97. The van der Waals surface area contributed by atoms with Gasteiger partial charge < -0.3 is 9.97 Å². The second-order valence-electron chi connectivity index (χ2n) is 4.56. The molecule has 0 aliphatic heterocycles. The summed E-state index contributed by atoms with van der Waals surface area (Å²) in [5, 5.41) is 2.80. The van der Waals surface area contributed by atoms with E-state index in [4.69, 9.17) is 11.6 Å². The highest BCUT2D eigenvalue weighted by Crippen LogP contribution is 2.24. The molecule has 2 heterocycles. The fraction of sp³-hybridized carbons (Fsp3) is 0. The molecule has 19 heavy (non-hydrogen) atoms. The highest BCUT2D eigenvalue weighted by molar-refractivity contribution is 6.31. The first kappa shape index (κ1) is 10.6. The van der Waals surface area contributed by atoms with Crippen molar-refractivity contribution in [1.82, 2.24) is 9.97 Å². The Labute approximate surface area is 112 Å². The molecule has 0 saturated heterocycles. The summed E-state index contributed by atoms with van der Waals surface area (Å²) < 4.78 is 0. The average molecular weight is 269 g/mol. The van der Waals surface area contributed by atoms with E-state index in [9.17, 15) is 4.79 Å². The minimum atomic E-state index is 0.00343. The first-order valence-corrected chi connectivity index (χ1v) is 6.34. The third kappa shape index (κ3) is 1.42. The van der Waals surface area contributed by atoms with Crippen LogP contribution in [0.4, 0.5) is 0 Å². The molecule has 2 aromatic carbocycles. The molecule has 4 aromatic rings. The van der Waals surface area contributed by atoms with Crippen LogP contribution in [0.25, 0.3) is 32.8 Å². The van der Waals surface area contributed by atoms with Crippen LogP contribution in [0.1, 0.15) is 0 Å². The molecular weight excluding hydrogens is 260 g/mol. The third-order valence-electron chi connectivity index (χ3n) is 3.42. The van der Waals surface area contributed by atoms with Crippen LogP contribution in [0.15, 0.2) is 47.3 Å². The molecule has 0 aliphatic rings. The maximum Gasteiger partial charge on any atom is 0.199 e. The van der Waals surface area contributed by atoms with Crippen molar-refractivity contribution in [3.63, 3.8) is 0 Å². The lowest BCUT2D eigenvalue weighted by Crippen LogP contribution is -2.02. The molecule has 0 spiro atoms. The van der Waals surface area contributed by atoms with E-state index in [2.05, 4.69) is 9.97 Å². The Hall–Kier alpha value is -2.26. The first-order chi connectivity index (χ1) is 9.24. The number of aromatic amines is 2. The summed E-state index contributed by atoms with van der Waals surface area (Å²) in [7, 11) is 0. The number of hydrogen-bond acceptors (Lipinski definition) is 1. The molecular formula is C15H9ClN2O. The van der Waals surface area contributed by atoms with Gasteiger partial charge >= 0.3 is 0 Å². The van der Waals surface area contributed by atoms with Crippen LogP contribution < -0.4 is 5.43 Å². The second kappa shape index (κ2) is 3.62. The molecule has 0 atom stereocenters. The first-order valence-electron chi connectivity index (χ1n) is 5.96. The molecule has 0 radical (unpaired) electrons. The normalized spacial score (nSPS) is 11.6. The summed E-state index contributed by atoms with van der Waals surface area (Å²) in [6, 6.07) is 13.1. The lowest BCUT2D eigenvalue weighted by molar-refractivity contribution is 1.40. The zero-order valence-corrected chi connectivity index (χ0v) is 10.6. The minimum absolute atomic E-state index is 0.00343. The Kier molecular flexibility index (Phi) is 2.03. The molecule has 0 unspecified atom stereocenters. The minimum Gasteiger partial charge on any atom is -0.341 e. The van der Waals surface area contributed by atoms with Gasteiger partial charge in [0.05, 0.1) is 10.9 Å². The number of rotatable bonds is 0. The number of hydrogen-bond donors (Lipinski definition) is 2. The van der Waals surface area contributed by atoms with E-state index in [0.29, 0.717) is 15.8 Å². The molecule has 0 fully saturated rings. The van der Waals surface area contributed by atoms with Gasteiger partial charge in [0.1, 0.15) is 5.65 Å². The molecule has 2 N–H and O–H groups in total. The maximum absolute atomic E-state index is 12.6. The van der Waals surface area contributed by atoms with Crippen LogP contribution in [0.5, 0.6) is 0 Å². The molecule has 0 bridgehead atoms. The van der Waals surface area contributed by atoms with Crippen molar-refractivity contribution in [3.05, 3.63) is 57.7 Å². The van der Waals surface area contributed by atoms with E-state index < -0.39 is 0 Å². The summed E-state index contributed by atoms with van der Waals surface area (Å²) in [6.45, 7) is 0. The van der Waals surface area contributed by atoms with Gasteiger partial charge in [-0.25, -0.2) is 0 Å². The molecule has 3 nitrogen and oxygen atoms in total. The highest BCUT2D eigenvalue weighted by Gasteiger charge is 2.11. The predicted octanol–water partition coefficient (Wildman–Crippen LogP) is 3.82. The maximum atomic E-state index is 12.6. The van der Waals surface area contributed by atoms with E-state index in [1.54, 1.807) is 12.1 Å². The molecule has 92 valence electrons. The number of pyridine rings is 1. The van der Waals surface area contributed by atoms with Crippen molar-refractivity contribution in [2.45, 2.75) is 0 Å². The summed E-state index contributed by atoms with van der Waals surface area (Å²) in [4.78, 5) is 19.1. The lowest BCUT2D eigenvalue weighted by atomic mass is 10.1. The van der Waals surface area contributed by atoms with Crippen molar-refractivity contribution < 1.29 is 0 Å². The molecule has 2 aromatic heterocycles. The number of H-pyrrole nitrogens is 2. The summed E-state index contributed by atoms with van der Waals surface area (Å²) in [5.41, 5.74) is 2.49. The van der Waals surface area contributed by atoms with Crippen LogP contribution in [0.3, 0.4) is 0 Å². The monoisotopic (exact) mass is 268 g/mol. The number of fused-ring (bicyclic) bond motifs is 4. The molecule has 4 heteroatoms. The Morgan fingerprint density at radius 2 is 1.63 bits per heavy atom. The molecule has 0 aliphatic carbocycles. The van der Waals surface area contributed by atoms with Gasteiger partial charge in [-0.3, -0.25) is 4.79 Å². The smallest absolute Gasteiger partial charge is 0.199 e. The molecule has 4 rings (SSSR count). The van der Waals surface area contributed by atoms with Crippen molar-refractivity contribution in [2.24, 2.45) is 0 Å². The fourth-order valence-corrected chi connectivity index (χ4v) is 2.73. The second-order valence-corrected chi connectivity index (χ2v) is 5.00. The fourth-order valence-electron chi connectivity index (χ4n) is 2.55. The number of nitrogens with one attached hydrogen (secondary N) is 2. The largest absolute Gasteiger partial charge is 0.341 e. The third-order valence-corrected chi connectivity index (χ3v) is 3.65. The van der Waals surface area contributed by atoms with Gasteiger partial charge in [-0.05, 0) is 24.3 Å². The van der Waals surface area contributed by atoms with E-state index in [-0.39, 0.29) is 5.43 Å². The van der Waals surface area contributed by atoms with Crippen molar-refractivity contribution in [3.8, 4) is 0 Å². The van der Waals surface area contributed by atoms with Gasteiger partial charge in [0.15, 0.2) is 5.43 Å². The van der Waals surface area contributed by atoms with Gasteiger partial charge in [0, 0.05) is 21.3 Å². The van der Waals surface area contributed by atoms with Crippen LogP contribution in [-0.4, -0.2) is 9.97 Å².